The minimum absolute atomic E-state index is 0.184. The molecular weight excluding hydrogens is 734 g/mol. The molecule has 15 heteroatoms. The highest BCUT2D eigenvalue weighted by molar-refractivity contribution is 6.00. The molecule has 0 spiro atoms. The van der Waals surface area contributed by atoms with Gasteiger partial charge < -0.3 is 43.6 Å². The van der Waals surface area contributed by atoms with E-state index in [2.05, 4.69) is 33.5 Å². The van der Waals surface area contributed by atoms with Crippen molar-refractivity contribution in [1.29, 1.82) is 0 Å². The van der Waals surface area contributed by atoms with Crippen LogP contribution >= 0.6 is 0 Å². The number of benzene rings is 1. The second-order valence-electron chi connectivity index (χ2n) is 17.0. The van der Waals surface area contributed by atoms with Crippen molar-refractivity contribution in [2.24, 2.45) is 17.8 Å². The number of carbonyl (C=O) groups is 4. The number of hydrogen-bond acceptors (Lipinski definition) is 12. The fraction of sp³-hybridized carbons (Fsp3) is 0.714. The van der Waals surface area contributed by atoms with E-state index in [0.717, 1.165) is 10.9 Å². The van der Waals surface area contributed by atoms with Gasteiger partial charge in [0, 0.05) is 49.9 Å². The summed E-state index contributed by atoms with van der Waals surface area (Å²) in [5.74, 6) is -4.67. The molecule has 0 saturated carbocycles. The second kappa shape index (κ2) is 18.1. The molecule has 5 rings (SSSR count). The number of carbonyl (C=O) groups excluding carboxylic acids is 4. The van der Waals surface area contributed by atoms with Crippen LogP contribution in [0, 0.1) is 17.8 Å². The van der Waals surface area contributed by atoms with Gasteiger partial charge in [-0.3, -0.25) is 14.4 Å². The summed E-state index contributed by atoms with van der Waals surface area (Å²) in [5.41, 5.74) is 1.64. The molecule has 0 radical (unpaired) electrons. The zero-order valence-corrected chi connectivity index (χ0v) is 35.5. The number of para-hydroxylation sites is 1. The summed E-state index contributed by atoms with van der Waals surface area (Å²) in [5, 5.41) is 17.0. The van der Waals surface area contributed by atoms with Crippen molar-refractivity contribution in [3.8, 4) is 0 Å². The van der Waals surface area contributed by atoms with Gasteiger partial charge in [-0.05, 0) is 91.9 Å². The number of hydrazine groups is 1. The predicted molar refractivity (Wildman–Crippen MR) is 213 cm³/mol. The van der Waals surface area contributed by atoms with E-state index in [1.165, 1.54) is 19.0 Å². The molecule has 15 nitrogen and oxygen atoms in total. The number of likely N-dealkylation sites (N-methyl/N-ethyl adjacent to an activating group) is 1. The highest BCUT2D eigenvalue weighted by Crippen LogP contribution is 2.40. The van der Waals surface area contributed by atoms with Crippen molar-refractivity contribution in [2.75, 3.05) is 27.7 Å². The Labute approximate surface area is 337 Å². The molecule has 57 heavy (non-hydrogen) atoms. The summed E-state index contributed by atoms with van der Waals surface area (Å²) < 4.78 is 33.2. The fourth-order valence-electron chi connectivity index (χ4n) is 9.18. The smallest absolute Gasteiger partial charge is 0.425 e. The van der Waals surface area contributed by atoms with Crippen LogP contribution in [0.3, 0.4) is 0 Å². The van der Waals surface area contributed by atoms with E-state index in [0.29, 0.717) is 25.9 Å². The van der Waals surface area contributed by atoms with Crippen LogP contribution in [0.1, 0.15) is 81.1 Å². The molecule has 13 atom stereocenters. The minimum Gasteiger partial charge on any atom is -0.458 e. The Hall–Kier alpha value is -3.60. The number of aliphatic hydroxyl groups excluding tert-OH is 1. The molecular formula is C42H65N5O10. The molecule has 1 aromatic heterocycles. The summed E-state index contributed by atoms with van der Waals surface area (Å²) in [6, 6.07) is 8.47. The zero-order chi connectivity index (χ0) is 42.0. The number of aromatic nitrogens is 1. The van der Waals surface area contributed by atoms with Crippen LogP contribution in [-0.2, 0) is 44.6 Å². The third-order valence-corrected chi connectivity index (χ3v) is 12.5. The van der Waals surface area contributed by atoms with Crippen LogP contribution in [0.2, 0.25) is 0 Å². The van der Waals surface area contributed by atoms with Gasteiger partial charge in [-0.1, -0.05) is 39.0 Å². The number of rotatable bonds is 10. The van der Waals surface area contributed by atoms with E-state index in [1.807, 2.05) is 51.2 Å². The molecule has 2 amide bonds. The monoisotopic (exact) mass is 799 g/mol. The van der Waals surface area contributed by atoms with Crippen molar-refractivity contribution in [3.05, 3.63) is 36.5 Å². The van der Waals surface area contributed by atoms with Gasteiger partial charge in [-0.15, -0.1) is 0 Å². The van der Waals surface area contributed by atoms with Crippen LogP contribution in [0.25, 0.3) is 10.9 Å². The lowest BCUT2D eigenvalue weighted by Crippen LogP contribution is -2.61. The van der Waals surface area contributed by atoms with E-state index in [9.17, 15) is 24.3 Å². The van der Waals surface area contributed by atoms with Crippen molar-refractivity contribution in [2.45, 2.75) is 148 Å². The average Bonchev–Trinajstić information content (AvgIpc) is 3.70. The van der Waals surface area contributed by atoms with Gasteiger partial charge in [0.25, 0.3) is 0 Å². The summed E-state index contributed by atoms with van der Waals surface area (Å²) in [6.07, 6.45) is -1.45. The number of ketones is 1. The molecule has 3 aliphatic heterocycles. The van der Waals surface area contributed by atoms with Gasteiger partial charge >= 0.3 is 12.1 Å². The number of hydrogen-bond donors (Lipinski definition) is 3. The van der Waals surface area contributed by atoms with Crippen LogP contribution in [0.4, 0.5) is 4.79 Å². The molecule has 0 bridgehead atoms. The molecule has 1 unspecified atom stereocenters. The highest BCUT2D eigenvalue weighted by Gasteiger charge is 2.60. The number of esters is 1. The largest absolute Gasteiger partial charge is 0.458 e. The molecule has 2 aromatic rings. The number of nitrogens with one attached hydrogen (secondary N) is 2. The van der Waals surface area contributed by atoms with Crippen LogP contribution in [0.5, 0.6) is 0 Å². The topological polar surface area (TPSA) is 170 Å². The van der Waals surface area contributed by atoms with E-state index >= 15 is 0 Å². The van der Waals surface area contributed by atoms with Crippen molar-refractivity contribution >= 4 is 34.7 Å². The Bertz CT molecular complexity index is 1740. The number of amides is 2. The molecule has 1 aromatic carbocycles. The summed E-state index contributed by atoms with van der Waals surface area (Å²) >= 11 is 0. The third kappa shape index (κ3) is 9.18. The molecule has 318 valence electrons. The predicted octanol–water partition coefficient (Wildman–Crippen LogP) is 4.04. The Morgan fingerprint density at radius 3 is 2.40 bits per heavy atom. The number of methoxy groups -OCH3 is 1. The van der Waals surface area contributed by atoms with E-state index in [1.54, 1.807) is 34.6 Å². The lowest BCUT2D eigenvalue weighted by Gasteiger charge is -2.46. The standard InChI is InChI=1S/C42H65N5O10/c1-12-32-42(8)35(47(40(52)57-42)43-19-15-20-46-21-18-29-16-13-14-17-30(29)46)28(6)37(50)44-24(2)23-41(7,53-11)36(26(4)33(48)27(5)38(51)55-32)56-39-34(49)31(45(9)10)22-25(3)54-39/h13-14,16-18,21,24-28,31-32,34-36,39,43,49H,12,15,19-20,22-23H2,1-11H3,(H,44,50)/t24-,25-,26+,27-,28?,31+,32-,34-,35-,36-,39+,41+,42-/m1/s1. The lowest BCUT2D eigenvalue weighted by atomic mass is 9.79. The molecule has 3 aliphatic rings. The molecule has 4 heterocycles. The van der Waals surface area contributed by atoms with Gasteiger partial charge in [-0.2, -0.15) is 0 Å². The molecule has 3 fully saturated rings. The number of aliphatic hydroxyl groups is 1. The highest BCUT2D eigenvalue weighted by atomic mass is 16.7. The third-order valence-electron chi connectivity index (χ3n) is 12.5. The normalized spacial score (nSPS) is 37.4. The SMILES string of the molecule is CC[C@H]1OC(=O)[C@H](C)C(=O)[C@H](C)[C@@H](O[C@@H]2O[C@H](C)C[C@H](N(C)C)[C@H]2O)[C@@](C)(OC)C[C@@H](C)NC(=O)C(C)[C@H]2N(NCCCn3ccc4ccccc43)C(=O)O[C@]12C. The Morgan fingerprint density at radius 1 is 1.04 bits per heavy atom. The van der Waals surface area contributed by atoms with Gasteiger partial charge in [0.15, 0.2) is 17.7 Å². The average molecular weight is 800 g/mol. The Kier molecular flexibility index (Phi) is 14.1. The number of aryl methyl sites for hydroxylation is 1. The van der Waals surface area contributed by atoms with Crippen LogP contribution < -0.4 is 10.7 Å². The van der Waals surface area contributed by atoms with Crippen molar-refractivity contribution in [1.82, 2.24) is 25.2 Å². The van der Waals surface area contributed by atoms with Crippen LogP contribution in [-0.4, -0.2) is 131 Å². The van der Waals surface area contributed by atoms with Gasteiger partial charge in [0.1, 0.15) is 24.2 Å². The maximum Gasteiger partial charge on any atom is 0.425 e. The van der Waals surface area contributed by atoms with Crippen molar-refractivity contribution < 1.29 is 48.0 Å². The first-order chi connectivity index (χ1) is 26.9. The van der Waals surface area contributed by atoms with Gasteiger partial charge in [0.2, 0.25) is 5.91 Å². The maximum absolute atomic E-state index is 14.3. The quantitative estimate of drug-likeness (QED) is 0.180. The summed E-state index contributed by atoms with van der Waals surface area (Å²) in [4.78, 5) is 58.3. The maximum atomic E-state index is 14.3. The van der Waals surface area contributed by atoms with Gasteiger partial charge in [0.05, 0.1) is 23.7 Å². The minimum atomic E-state index is -1.47. The fourth-order valence-corrected chi connectivity index (χ4v) is 9.18. The lowest BCUT2D eigenvalue weighted by molar-refractivity contribution is -0.295. The first-order valence-corrected chi connectivity index (χ1v) is 20.4. The second-order valence-corrected chi connectivity index (χ2v) is 17.0. The van der Waals surface area contributed by atoms with E-state index in [-0.39, 0.29) is 30.9 Å². The number of ether oxygens (including phenoxy) is 5. The Balaban J connectivity index is 1.44. The molecule has 3 N–H and O–H groups in total. The zero-order valence-electron chi connectivity index (χ0n) is 35.5. The number of Topliss-reactive ketones (excluding diaryl/α,β-unsaturated/α-hetero) is 1. The number of cyclic esters (lactones) is 1. The van der Waals surface area contributed by atoms with Gasteiger partial charge in [-0.25, -0.2) is 15.2 Å². The van der Waals surface area contributed by atoms with E-state index < -0.39 is 83.5 Å². The first-order valence-electron chi connectivity index (χ1n) is 20.4. The number of fused-ring (bicyclic) bond motifs is 2. The van der Waals surface area contributed by atoms with E-state index in [4.69, 9.17) is 23.7 Å². The Morgan fingerprint density at radius 2 is 1.74 bits per heavy atom. The summed E-state index contributed by atoms with van der Waals surface area (Å²) in [7, 11) is 5.25. The van der Waals surface area contributed by atoms with Crippen molar-refractivity contribution in [3.63, 3.8) is 0 Å². The number of nitrogens with zero attached hydrogens (tertiary/aromatic N) is 3. The molecule has 3 saturated heterocycles. The first kappa shape index (κ1) is 44.5. The molecule has 0 aliphatic carbocycles. The summed E-state index contributed by atoms with van der Waals surface area (Å²) in [6.45, 7) is 14.9. The van der Waals surface area contributed by atoms with Crippen LogP contribution in [0.15, 0.2) is 36.5 Å².